The van der Waals surface area contributed by atoms with E-state index in [1.54, 1.807) is 24.5 Å². The van der Waals surface area contributed by atoms with Crippen LogP contribution in [0.5, 0.6) is 11.5 Å². The number of aromatic nitrogens is 2. The molecule has 0 radical (unpaired) electrons. The molecule has 0 fully saturated rings. The number of fused-ring (bicyclic) bond motifs is 3. The van der Waals surface area contributed by atoms with Crippen LogP contribution in [0.25, 0.3) is 21.8 Å². The van der Waals surface area contributed by atoms with Crippen LogP contribution in [-0.2, 0) is 0 Å². The lowest BCUT2D eigenvalue weighted by Crippen LogP contribution is -1.87. The fourth-order valence-corrected chi connectivity index (χ4v) is 2.53. The maximum absolute atomic E-state index is 10.0. The molecule has 0 bridgehead atoms. The third kappa shape index (κ3) is 1.64. The number of phenolic OH excluding ortho intramolecular Hbond substituents is 2. The first kappa shape index (κ1) is 11.7. The Hall–Kier alpha value is -1.40. The Labute approximate surface area is 119 Å². The average Bonchev–Trinajstić information content (AvgIpc) is 2.36. The number of benzene rings is 1. The van der Waals surface area contributed by atoms with Gasteiger partial charge in [-0.1, -0.05) is 0 Å². The smallest absolute Gasteiger partial charge is 0.167 e. The van der Waals surface area contributed by atoms with E-state index < -0.39 is 0 Å². The van der Waals surface area contributed by atoms with Crippen LogP contribution in [0, 0.1) is 0 Å². The van der Waals surface area contributed by atoms with Crippen LogP contribution in [0.4, 0.5) is 0 Å². The number of phenols is 2. The van der Waals surface area contributed by atoms with Gasteiger partial charge in [-0.3, -0.25) is 9.97 Å². The summed E-state index contributed by atoms with van der Waals surface area (Å²) in [7, 11) is 0. The molecular weight excluding hydrogens is 364 g/mol. The molecule has 18 heavy (non-hydrogen) atoms. The number of nitrogens with zero attached hydrogens (tertiary/aromatic N) is 2. The van der Waals surface area contributed by atoms with Crippen LogP contribution in [0.3, 0.4) is 0 Å². The summed E-state index contributed by atoms with van der Waals surface area (Å²) in [5.41, 5.74) is 1.10. The molecule has 6 heteroatoms. The van der Waals surface area contributed by atoms with Crippen LogP contribution < -0.4 is 0 Å². The molecule has 0 unspecified atom stereocenters. The minimum absolute atomic E-state index is 0.189. The average molecular weight is 370 g/mol. The van der Waals surface area contributed by atoms with Crippen molar-refractivity contribution in [1.29, 1.82) is 0 Å². The molecule has 3 rings (SSSR count). The molecule has 0 saturated carbocycles. The van der Waals surface area contributed by atoms with Gasteiger partial charge in [0, 0.05) is 32.1 Å². The summed E-state index contributed by atoms with van der Waals surface area (Å²) >= 11 is 6.57. The number of hydrogen-bond acceptors (Lipinski definition) is 4. The van der Waals surface area contributed by atoms with Crippen LogP contribution in [-0.4, -0.2) is 20.2 Å². The lowest BCUT2D eigenvalue weighted by Gasteiger charge is -2.08. The summed E-state index contributed by atoms with van der Waals surface area (Å²) in [5.74, 6) is -0.377. The first-order valence-corrected chi connectivity index (χ1v) is 6.61. The molecule has 2 heterocycles. The van der Waals surface area contributed by atoms with Crippen molar-refractivity contribution in [3.05, 3.63) is 33.5 Å². The van der Waals surface area contributed by atoms with Crippen molar-refractivity contribution in [2.75, 3.05) is 0 Å². The van der Waals surface area contributed by atoms with Gasteiger partial charge in [0.2, 0.25) is 0 Å². The van der Waals surface area contributed by atoms with E-state index in [0.717, 1.165) is 8.95 Å². The van der Waals surface area contributed by atoms with E-state index in [2.05, 4.69) is 41.8 Å². The summed E-state index contributed by atoms with van der Waals surface area (Å²) in [6, 6.07) is 3.39. The molecule has 0 aliphatic heterocycles. The highest BCUT2D eigenvalue weighted by Gasteiger charge is 2.15. The fourth-order valence-electron chi connectivity index (χ4n) is 1.87. The Morgan fingerprint density at radius 1 is 0.778 bits per heavy atom. The highest BCUT2D eigenvalue weighted by atomic mass is 79.9. The molecule has 0 spiro atoms. The lowest BCUT2D eigenvalue weighted by molar-refractivity contribution is 0.412. The maximum atomic E-state index is 10.0. The quantitative estimate of drug-likeness (QED) is 0.468. The van der Waals surface area contributed by atoms with E-state index in [-0.39, 0.29) is 11.5 Å². The minimum Gasteiger partial charge on any atom is -0.504 e. The van der Waals surface area contributed by atoms with E-state index in [0.29, 0.717) is 21.8 Å². The molecular formula is C12H6Br2N2O2. The Bertz CT molecular complexity index is 723. The van der Waals surface area contributed by atoms with Gasteiger partial charge in [0.1, 0.15) is 11.0 Å². The van der Waals surface area contributed by atoms with E-state index in [4.69, 9.17) is 0 Å². The standard InChI is InChI=1S/C12H6Br2N2O2/c13-5-1-7-9(15-3-5)10-8(12(18)11(7)17)2-6(14)4-16-10/h1-4,17-18H. The highest BCUT2D eigenvalue weighted by Crippen LogP contribution is 2.41. The monoisotopic (exact) mass is 368 g/mol. The lowest BCUT2D eigenvalue weighted by atomic mass is 10.1. The van der Waals surface area contributed by atoms with Gasteiger partial charge in [-0.2, -0.15) is 0 Å². The normalized spacial score (nSPS) is 11.2. The number of halogens is 2. The Morgan fingerprint density at radius 2 is 1.17 bits per heavy atom. The van der Waals surface area contributed by atoms with Crippen LogP contribution >= 0.6 is 31.9 Å². The Morgan fingerprint density at radius 3 is 1.56 bits per heavy atom. The van der Waals surface area contributed by atoms with Gasteiger partial charge in [0.05, 0.1) is 0 Å². The second-order valence-electron chi connectivity index (χ2n) is 3.80. The van der Waals surface area contributed by atoms with Gasteiger partial charge < -0.3 is 10.2 Å². The summed E-state index contributed by atoms with van der Waals surface area (Å²) in [4.78, 5) is 8.49. The number of aromatic hydroxyl groups is 2. The van der Waals surface area contributed by atoms with Crippen molar-refractivity contribution in [1.82, 2.24) is 9.97 Å². The van der Waals surface area contributed by atoms with Gasteiger partial charge in [0.15, 0.2) is 11.5 Å². The third-order valence-corrected chi connectivity index (χ3v) is 3.53. The first-order chi connectivity index (χ1) is 8.58. The van der Waals surface area contributed by atoms with Crippen molar-refractivity contribution in [2.24, 2.45) is 0 Å². The molecule has 0 aliphatic rings. The molecule has 0 amide bonds. The van der Waals surface area contributed by atoms with Crippen LogP contribution in [0.1, 0.15) is 0 Å². The zero-order valence-corrected chi connectivity index (χ0v) is 12.0. The van der Waals surface area contributed by atoms with E-state index in [9.17, 15) is 10.2 Å². The van der Waals surface area contributed by atoms with Crippen molar-refractivity contribution in [2.45, 2.75) is 0 Å². The van der Waals surface area contributed by atoms with Gasteiger partial charge in [-0.15, -0.1) is 0 Å². The summed E-state index contributed by atoms with van der Waals surface area (Å²) in [5, 5.41) is 21.0. The third-order valence-electron chi connectivity index (χ3n) is 2.67. The SMILES string of the molecule is Oc1c(O)c2cc(Br)cnc2c2ncc(Br)cc12. The largest absolute Gasteiger partial charge is 0.504 e. The number of pyridine rings is 2. The molecule has 2 aromatic heterocycles. The van der Waals surface area contributed by atoms with Crippen LogP contribution in [0.2, 0.25) is 0 Å². The molecule has 0 saturated heterocycles. The number of hydrogen-bond donors (Lipinski definition) is 2. The zero-order chi connectivity index (χ0) is 12.9. The predicted octanol–water partition coefficient (Wildman–Crippen LogP) is 3.72. The van der Waals surface area contributed by atoms with Gasteiger partial charge >= 0.3 is 0 Å². The second kappa shape index (κ2) is 4.07. The zero-order valence-electron chi connectivity index (χ0n) is 8.85. The summed E-state index contributed by atoms with van der Waals surface area (Å²) < 4.78 is 1.45. The van der Waals surface area contributed by atoms with Crippen molar-refractivity contribution >= 4 is 53.7 Å². The Balaban J connectivity index is 2.62. The molecule has 0 aliphatic carbocycles. The molecule has 1 aromatic carbocycles. The van der Waals surface area contributed by atoms with Crippen molar-refractivity contribution < 1.29 is 10.2 Å². The fraction of sp³-hybridized carbons (Fsp3) is 0. The van der Waals surface area contributed by atoms with Gasteiger partial charge in [-0.05, 0) is 44.0 Å². The maximum Gasteiger partial charge on any atom is 0.167 e. The molecule has 0 atom stereocenters. The van der Waals surface area contributed by atoms with Crippen LogP contribution in [0.15, 0.2) is 33.5 Å². The van der Waals surface area contributed by atoms with E-state index in [1.165, 1.54) is 0 Å². The summed E-state index contributed by atoms with van der Waals surface area (Å²) in [6.07, 6.45) is 3.25. The molecule has 2 N–H and O–H groups in total. The van der Waals surface area contributed by atoms with E-state index in [1.807, 2.05) is 0 Å². The molecule has 3 aromatic rings. The van der Waals surface area contributed by atoms with Gasteiger partial charge in [0.25, 0.3) is 0 Å². The molecule has 90 valence electrons. The highest BCUT2D eigenvalue weighted by molar-refractivity contribution is 9.10. The van der Waals surface area contributed by atoms with Crippen molar-refractivity contribution in [3.8, 4) is 11.5 Å². The second-order valence-corrected chi connectivity index (χ2v) is 5.63. The van der Waals surface area contributed by atoms with Crippen molar-refractivity contribution in [3.63, 3.8) is 0 Å². The topological polar surface area (TPSA) is 66.2 Å². The molecule has 4 nitrogen and oxygen atoms in total. The number of rotatable bonds is 0. The summed E-state index contributed by atoms with van der Waals surface area (Å²) in [6.45, 7) is 0. The minimum atomic E-state index is -0.189. The van der Waals surface area contributed by atoms with Gasteiger partial charge in [-0.25, -0.2) is 0 Å². The first-order valence-electron chi connectivity index (χ1n) is 5.02. The van der Waals surface area contributed by atoms with E-state index >= 15 is 0 Å². The predicted molar refractivity (Wildman–Crippen MR) is 75.8 cm³/mol. The Kier molecular flexibility index (Phi) is 2.64.